The fourth-order valence-corrected chi connectivity index (χ4v) is 1.26. The van der Waals surface area contributed by atoms with E-state index in [0.29, 0.717) is 5.95 Å². The summed E-state index contributed by atoms with van der Waals surface area (Å²) in [5.74, 6) is 0.675. The van der Waals surface area contributed by atoms with E-state index < -0.39 is 0 Å². The molecule has 0 aromatic carbocycles. The number of nitrogens with one attached hydrogen (secondary N) is 2. The molecule has 2 rings (SSSR count). The van der Waals surface area contributed by atoms with Gasteiger partial charge in [-0.1, -0.05) is 0 Å². The number of aryl methyl sites for hydroxylation is 1. The number of rotatable bonds is 4. The Kier molecular flexibility index (Phi) is 2.92. The number of aromatic amines is 1. The molecule has 0 saturated carbocycles. The Labute approximate surface area is 88.0 Å². The van der Waals surface area contributed by atoms with Crippen molar-refractivity contribution in [3.63, 3.8) is 0 Å². The van der Waals surface area contributed by atoms with Gasteiger partial charge in [0.2, 0.25) is 5.95 Å². The Morgan fingerprint density at radius 1 is 1.47 bits per heavy atom. The number of anilines is 1. The number of nitrogens with zero attached hydrogens (tertiary/aromatic N) is 3. The molecule has 0 amide bonds. The van der Waals surface area contributed by atoms with E-state index in [1.165, 1.54) is 0 Å². The summed E-state index contributed by atoms with van der Waals surface area (Å²) in [5.41, 5.74) is 2.07. The van der Waals surface area contributed by atoms with Gasteiger partial charge in [0.05, 0.1) is 6.33 Å². The van der Waals surface area contributed by atoms with Crippen LogP contribution in [0.3, 0.4) is 0 Å². The lowest BCUT2D eigenvalue weighted by Crippen LogP contribution is -2.08. The Bertz CT molecular complexity index is 410. The van der Waals surface area contributed by atoms with Crippen molar-refractivity contribution in [1.82, 2.24) is 19.9 Å². The van der Waals surface area contributed by atoms with E-state index in [2.05, 4.69) is 25.3 Å². The lowest BCUT2D eigenvalue weighted by atomic mass is 10.3. The fraction of sp³-hybridized carbons (Fsp3) is 0.300. The SMILES string of the molecule is Cc1ccnc(NCCc2cnc[nH]2)n1. The summed E-state index contributed by atoms with van der Waals surface area (Å²) < 4.78 is 0. The van der Waals surface area contributed by atoms with Crippen LogP contribution in [0.5, 0.6) is 0 Å². The van der Waals surface area contributed by atoms with Gasteiger partial charge in [0.25, 0.3) is 0 Å². The third-order valence-electron chi connectivity index (χ3n) is 2.03. The minimum atomic E-state index is 0.675. The van der Waals surface area contributed by atoms with Crippen molar-refractivity contribution >= 4 is 5.95 Å². The van der Waals surface area contributed by atoms with Crippen LogP contribution >= 0.6 is 0 Å². The largest absolute Gasteiger partial charge is 0.354 e. The van der Waals surface area contributed by atoms with Crippen LogP contribution in [0.4, 0.5) is 5.95 Å². The van der Waals surface area contributed by atoms with E-state index in [1.807, 2.05) is 19.2 Å². The highest BCUT2D eigenvalue weighted by Crippen LogP contribution is 1.99. The average molecular weight is 203 g/mol. The van der Waals surface area contributed by atoms with Crippen LogP contribution in [-0.4, -0.2) is 26.5 Å². The summed E-state index contributed by atoms with van der Waals surface area (Å²) in [6.07, 6.45) is 6.13. The topological polar surface area (TPSA) is 66.5 Å². The molecular weight excluding hydrogens is 190 g/mol. The predicted molar refractivity (Wildman–Crippen MR) is 57.6 cm³/mol. The van der Waals surface area contributed by atoms with Crippen LogP contribution < -0.4 is 5.32 Å². The highest BCUT2D eigenvalue weighted by molar-refractivity contribution is 5.24. The van der Waals surface area contributed by atoms with Crippen molar-refractivity contribution in [2.45, 2.75) is 13.3 Å². The average Bonchev–Trinajstić information content (AvgIpc) is 2.71. The van der Waals surface area contributed by atoms with E-state index in [4.69, 9.17) is 0 Å². The molecule has 5 nitrogen and oxygen atoms in total. The molecule has 2 aromatic rings. The van der Waals surface area contributed by atoms with Crippen LogP contribution in [-0.2, 0) is 6.42 Å². The maximum Gasteiger partial charge on any atom is 0.222 e. The van der Waals surface area contributed by atoms with Gasteiger partial charge >= 0.3 is 0 Å². The van der Waals surface area contributed by atoms with Crippen molar-refractivity contribution in [3.8, 4) is 0 Å². The van der Waals surface area contributed by atoms with Crippen LogP contribution in [0.25, 0.3) is 0 Å². The third kappa shape index (κ3) is 2.77. The van der Waals surface area contributed by atoms with Crippen molar-refractivity contribution in [2.75, 3.05) is 11.9 Å². The normalized spacial score (nSPS) is 10.2. The second kappa shape index (κ2) is 4.54. The minimum Gasteiger partial charge on any atom is -0.354 e. The van der Waals surface area contributed by atoms with Gasteiger partial charge in [-0.25, -0.2) is 15.0 Å². The van der Waals surface area contributed by atoms with Gasteiger partial charge in [-0.05, 0) is 13.0 Å². The van der Waals surface area contributed by atoms with Gasteiger partial charge in [0.1, 0.15) is 0 Å². The van der Waals surface area contributed by atoms with Crippen molar-refractivity contribution < 1.29 is 0 Å². The van der Waals surface area contributed by atoms with Crippen molar-refractivity contribution in [3.05, 3.63) is 36.2 Å². The molecule has 0 bridgehead atoms. The van der Waals surface area contributed by atoms with Crippen molar-refractivity contribution in [2.24, 2.45) is 0 Å². The van der Waals surface area contributed by atoms with Gasteiger partial charge in [-0.15, -0.1) is 0 Å². The summed E-state index contributed by atoms with van der Waals surface area (Å²) in [6, 6.07) is 1.88. The Morgan fingerprint density at radius 2 is 2.40 bits per heavy atom. The van der Waals surface area contributed by atoms with E-state index >= 15 is 0 Å². The first-order chi connectivity index (χ1) is 7.34. The highest BCUT2D eigenvalue weighted by Gasteiger charge is 1.96. The van der Waals surface area contributed by atoms with Crippen molar-refractivity contribution in [1.29, 1.82) is 0 Å². The molecule has 0 fully saturated rings. The van der Waals surface area contributed by atoms with Gasteiger partial charge in [-0.3, -0.25) is 0 Å². The summed E-state index contributed by atoms with van der Waals surface area (Å²) in [5, 5.41) is 3.15. The second-order valence-corrected chi connectivity index (χ2v) is 3.28. The predicted octanol–water partition coefficient (Wildman–Crippen LogP) is 1.16. The summed E-state index contributed by atoms with van der Waals surface area (Å²) >= 11 is 0. The number of aromatic nitrogens is 4. The highest BCUT2D eigenvalue weighted by atomic mass is 15.1. The van der Waals surface area contributed by atoms with E-state index in [-0.39, 0.29) is 0 Å². The zero-order valence-corrected chi connectivity index (χ0v) is 8.57. The number of hydrogen-bond acceptors (Lipinski definition) is 4. The Balaban J connectivity index is 1.83. The number of imidazole rings is 1. The fourth-order valence-electron chi connectivity index (χ4n) is 1.26. The van der Waals surface area contributed by atoms with Gasteiger partial charge in [0.15, 0.2) is 0 Å². The summed E-state index contributed by atoms with van der Waals surface area (Å²) in [4.78, 5) is 15.3. The van der Waals surface area contributed by atoms with E-state index in [9.17, 15) is 0 Å². The first-order valence-corrected chi connectivity index (χ1v) is 4.85. The monoisotopic (exact) mass is 203 g/mol. The zero-order valence-electron chi connectivity index (χ0n) is 8.57. The lowest BCUT2D eigenvalue weighted by Gasteiger charge is -2.03. The van der Waals surface area contributed by atoms with E-state index in [1.54, 1.807) is 12.5 Å². The van der Waals surface area contributed by atoms with Crippen LogP contribution in [0, 0.1) is 6.92 Å². The number of hydrogen-bond donors (Lipinski definition) is 2. The van der Waals surface area contributed by atoms with Gasteiger partial charge in [-0.2, -0.15) is 0 Å². The minimum absolute atomic E-state index is 0.675. The first kappa shape index (κ1) is 9.64. The molecule has 5 heteroatoms. The quantitative estimate of drug-likeness (QED) is 0.782. The molecule has 0 aliphatic carbocycles. The first-order valence-electron chi connectivity index (χ1n) is 4.85. The van der Waals surface area contributed by atoms with Crippen LogP contribution in [0.1, 0.15) is 11.4 Å². The molecular formula is C10H13N5. The van der Waals surface area contributed by atoms with Gasteiger partial charge < -0.3 is 10.3 Å². The maximum absolute atomic E-state index is 4.24. The second-order valence-electron chi connectivity index (χ2n) is 3.28. The molecule has 2 heterocycles. The number of H-pyrrole nitrogens is 1. The molecule has 0 aliphatic rings. The molecule has 78 valence electrons. The maximum atomic E-state index is 4.24. The Morgan fingerprint density at radius 3 is 3.13 bits per heavy atom. The molecule has 0 aliphatic heterocycles. The summed E-state index contributed by atoms with van der Waals surface area (Å²) in [6.45, 7) is 2.74. The third-order valence-corrected chi connectivity index (χ3v) is 2.03. The standard InChI is InChI=1S/C10H13N5/c1-8-2-4-12-10(15-8)13-5-3-9-6-11-7-14-9/h2,4,6-7H,3,5H2,1H3,(H,11,14)(H,12,13,15). The van der Waals surface area contributed by atoms with Gasteiger partial charge in [0, 0.05) is 36.7 Å². The van der Waals surface area contributed by atoms with E-state index in [0.717, 1.165) is 24.4 Å². The summed E-state index contributed by atoms with van der Waals surface area (Å²) in [7, 11) is 0. The smallest absolute Gasteiger partial charge is 0.222 e. The molecule has 0 spiro atoms. The lowest BCUT2D eigenvalue weighted by molar-refractivity contribution is 0.947. The Hall–Kier alpha value is -1.91. The molecule has 0 atom stereocenters. The van der Waals surface area contributed by atoms with Crippen LogP contribution in [0.2, 0.25) is 0 Å². The zero-order chi connectivity index (χ0) is 10.5. The molecule has 0 unspecified atom stereocenters. The molecule has 15 heavy (non-hydrogen) atoms. The molecule has 2 N–H and O–H groups in total. The molecule has 0 radical (unpaired) electrons. The van der Waals surface area contributed by atoms with Crippen LogP contribution in [0.15, 0.2) is 24.8 Å². The molecule has 0 saturated heterocycles. The molecule has 2 aromatic heterocycles.